The minimum Gasteiger partial charge on any atom is -0.493 e. The van der Waals surface area contributed by atoms with E-state index in [0.29, 0.717) is 25.3 Å². The number of nitrogens with zero attached hydrogens (tertiary/aromatic N) is 5. The summed E-state index contributed by atoms with van der Waals surface area (Å²) in [5.41, 5.74) is 4.18. The summed E-state index contributed by atoms with van der Waals surface area (Å²) in [7, 11) is 0. The molecule has 1 saturated heterocycles. The molecule has 9 heteroatoms. The Balaban J connectivity index is 1.44. The van der Waals surface area contributed by atoms with Gasteiger partial charge in [0.1, 0.15) is 5.75 Å². The average Bonchev–Trinajstić information content (AvgIpc) is 3.55. The van der Waals surface area contributed by atoms with Crippen LogP contribution in [0.1, 0.15) is 46.9 Å². The number of amides is 1. The van der Waals surface area contributed by atoms with Gasteiger partial charge in [0.25, 0.3) is 5.91 Å². The van der Waals surface area contributed by atoms with Crippen molar-refractivity contribution in [2.75, 3.05) is 49.7 Å². The molecule has 0 radical (unpaired) electrons. The van der Waals surface area contributed by atoms with Crippen molar-refractivity contribution < 1.29 is 14.3 Å². The van der Waals surface area contributed by atoms with Crippen molar-refractivity contribution in [1.29, 1.82) is 0 Å². The molecule has 1 N–H and O–H groups in total. The van der Waals surface area contributed by atoms with Gasteiger partial charge in [0.15, 0.2) is 11.5 Å². The molecule has 2 aromatic rings. The number of ether oxygens (including phenoxy) is 2. The second-order valence-electron chi connectivity index (χ2n) is 9.11. The lowest BCUT2D eigenvalue weighted by molar-refractivity contribution is 0.0835. The van der Waals surface area contributed by atoms with Crippen LogP contribution in [0.5, 0.6) is 5.75 Å². The van der Waals surface area contributed by atoms with Gasteiger partial charge < -0.3 is 14.8 Å². The predicted molar refractivity (Wildman–Crippen MR) is 126 cm³/mol. The molecule has 0 saturated carbocycles. The number of rotatable bonds is 5. The molecule has 4 aliphatic rings. The lowest BCUT2D eigenvalue weighted by Crippen LogP contribution is -2.50. The Morgan fingerprint density at radius 2 is 2.06 bits per heavy atom. The maximum Gasteiger partial charge on any atom is 0.281 e. The zero-order valence-corrected chi connectivity index (χ0v) is 19.3. The van der Waals surface area contributed by atoms with Crippen LogP contribution in [0.2, 0.25) is 0 Å². The second-order valence-corrected chi connectivity index (χ2v) is 9.11. The molecule has 5 heterocycles. The number of hydrogen-bond acceptors (Lipinski definition) is 7. The number of hydrogen-bond donors (Lipinski definition) is 1. The van der Waals surface area contributed by atoms with E-state index < -0.39 is 0 Å². The summed E-state index contributed by atoms with van der Waals surface area (Å²) in [6.45, 7) is 8.89. The molecule has 0 unspecified atom stereocenters. The van der Waals surface area contributed by atoms with Gasteiger partial charge in [-0.25, -0.2) is 0 Å². The third-order valence-electron chi connectivity index (χ3n) is 6.95. The molecule has 174 valence electrons. The van der Waals surface area contributed by atoms with E-state index in [1.54, 1.807) is 4.90 Å². The first-order valence-corrected chi connectivity index (χ1v) is 12.0. The van der Waals surface area contributed by atoms with Crippen LogP contribution in [0.25, 0.3) is 0 Å². The smallest absolute Gasteiger partial charge is 0.281 e. The zero-order chi connectivity index (χ0) is 22.5. The molecule has 1 aromatic carbocycles. The summed E-state index contributed by atoms with van der Waals surface area (Å²) in [6, 6.07) is 4.66. The fourth-order valence-electron chi connectivity index (χ4n) is 5.36. The van der Waals surface area contributed by atoms with Crippen molar-refractivity contribution in [2.24, 2.45) is 4.99 Å². The average molecular weight is 451 g/mol. The van der Waals surface area contributed by atoms with Crippen molar-refractivity contribution >= 4 is 23.6 Å². The minimum absolute atomic E-state index is 0.0295. The number of guanidine groups is 1. The summed E-state index contributed by atoms with van der Waals surface area (Å²) >= 11 is 0. The van der Waals surface area contributed by atoms with Crippen LogP contribution < -0.4 is 15.0 Å². The largest absolute Gasteiger partial charge is 0.493 e. The van der Waals surface area contributed by atoms with Crippen molar-refractivity contribution in [3.05, 3.63) is 34.5 Å². The van der Waals surface area contributed by atoms with Crippen molar-refractivity contribution in [2.45, 2.75) is 45.7 Å². The van der Waals surface area contributed by atoms with Crippen LogP contribution >= 0.6 is 0 Å². The van der Waals surface area contributed by atoms with Crippen LogP contribution in [0.3, 0.4) is 0 Å². The molecule has 0 spiro atoms. The SMILES string of the molecule is CCN1C(=O)c2c(nc(NC3CCOCC3)n2Cc2cc(C)c3c(c2)CCO3)N2CCN=C12. The zero-order valence-electron chi connectivity index (χ0n) is 19.3. The number of anilines is 2. The van der Waals surface area contributed by atoms with Gasteiger partial charge >= 0.3 is 0 Å². The third-order valence-corrected chi connectivity index (χ3v) is 6.95. The molecule has 0 bridgehead atoms. The number of imidazole rings is 1. The first-order chi connectivity index (χ1) is 16.1. The summed E-state index contributed by atoms with van der Waals surface area (Å²) in [5.74, 6) is 3.18. The maximum atomic E-state index is 13.7. The quantitative estimate of drug-likeness (QED) is 0.753. The van der Waals surface area contributed by atoms with E-state index in [2.05, 4.69) is 38.8 Å². The summed E-state index contributed by atoms with van der Waals surface area (Å²) in [6.07, 6.45) is 2.78. The molecule has 33 heavy (non-hydrogen) atoms. The van der Waals surface area contributed by atoms with E-state index in [0.717, 1.165) is 80.2 Å². The van der Waals surface area contributed by atoms with Crippen LogP contribution in [-0.2, 0) is 17.7 Å². The van der Waals surface area contributed by atoms with Gasteiger partial charge in [0.05, 0.1) is 19.7 Å². The van der Waals surface area contributed by atoms with E-state index in [9.17, 15) is 4.79 Å². The number of aliphatic imine (C=N–C) groups is 1. The van der Waals surface area contributed by atoms with Crippen LogP contribution in [0, 0.1) is 6.92 Å². The van der Waals surface area contributed by atoms with E-state index >= 15 is 0 Å². The molecule has 0 atom stereocenters. The first-order valence-electron chi connectivity index (χ1n) is 12.0. The molecule has 0 aliphatic carbocycles. The Morgan fingerprint density at radius 1 is 1.21 bits per heavy atom. The number of carbonyl (C=O) groups is 1. The highest BCUT2D eigenvalue weighted by Crippen LogP contribution is 2.35. The Kier molecular flexibility index (Phi) is 5.01. The first kappa shape index (κ1) is 20.5. The minimum atomic E-state index is -0.0295. The number of aryl methyl sites for hydroxylation is 1. The highest BCUT2D eigenvalue weighted by Gasteiger charge is 2.41. The molecule has 1 aromatic heterocycles. The second kappa shape index (κ2) is 8.06. The maximum absolute atomic E-state index is 13.7. The molecule has 6 rings (SSSR count). The Morgan fingerprint density at radius 3 is 2.88 bits per heavy atom. The fraction of sp³-hybridized carbons (Fsp3) is 0.542. The van der Waals surface area contributed by atoms with Crippen molar-refractivity contribution in [1.82, 2.24) is 14.5 Å². The van der Waals surface area contributed by atoms with Gasteiger partial charge in [0.2, 0.25) is 11.9 Å². The van der Waals surface area contributed by atoms with E-state index in [4.69, 9.17) is 14.5 Å². The third kappa shape index (κ3) is 3.37. The normalized spacial score (nSPS) is 19.8. The van der Waals surface area contributed by atoms with Gasteiger partial charge in [0, 0.05) is 38.8 Å². The van der Waals surface area contributed by atoms with Crippen LogP contribution in [0.4, 0.5) is 11.8 Å². The monoisotopic (exact) mass is 450 g/mol. The molecular formula is C24H30N6O3. The molecule has 9 nitrogen and oxygen atoms in total. The highest BCUT2D eigenvalue weighted by molar-refractivity contribution is 6.18. The topological polar surface area (TPSA) is 84.2 Å². The number of nitrogens with one attached hydrogen (secondary N) is 1. The number of carbonyl (C=O) groups excluding carboxylic acids is 1. The Labute approximate surface area is 193 Å². The standard InChI is InChI=1S/C24H30N6O3/c1-3-28-22(31)19-21(29-8-7-25-24(28)29)27-23(26-18-5-9-32-10-6-18)30(19)14-16-12-15(2)20-17(13-16)4-11-33-20/h12-13,18H,3-11,14H2,1-2H3,(H,26,27). The van der Waals surface area contributed by atoms with Crippen LogP contribution in [-0.4, -0.2) is 71.8 Å². The van der Waals surface area contributed by atoms with Crippen molar-refractivity contribution in [3.63, 3.8) is 0 Å². The van der Waals surface area contributed by atoms with Gasteiger partial charge in [-0.1, -0.05) is 12.1 Å². The van der Waals surface area contributed by atoms with E-state index in [-0.39, 0.29) is 11.9 Å². The summed E-state index contributed by atoms with van der Waals surface area (Å²) < 4.78 is 13.4. The Hall–Kier alpha value is -3.07. The highest BCUT2D eigenvalue weighted by atomic mass is 16.5. The van der Waals surface area contributed by atoms with Gasteiger partial charge in [-0.2, -0.15) is 4.98 Å². The number of fused-ring (bicyclic) bond motifs is 4. The molecule has 1 amide bonds. The van der Waals surface area contributed by atoms with Gasteiger partial charge in [-0.05, 0) is 43.4 Å². The van der Waals surface area contributed by atoms with Crippen LogP contribution in [0.15, 0.2) is 17.1 Å². The van der Waals surface area contributed by atoms with Crippen molar-refractivity contribution in [3.8, 4) is 5.75 Å². The lowest BCUT2D eigenvalue weighted by atomic mass is 10.0. The molecule has 4 aliphatic heterocycles. The number of aromatic nitrogens is 2. The Bertz CT molecular complexity index is 1130. The van der Waals surface area contributed by atoms with E-state index in [1.165, 1.54) is 5.56 Å². The molecule has 1 fully saturated rings. The summed E-state index contributed by atoms with van der Waals surface area (Å²) in [4.78, 5) is 27.1. The van der Waals surface area contributed by atoms with Gasteiger partial charge in [-0.3, -0.25) is 24.2 Å². The summed E-state index contributed by atoms with van der Waals surface area (Å²) in [5, 5.41) is 3.64. The van der Waals surface area contributed by atoms with Gasteiger partial charge in [-0.15, -0.1) is 0 Å². The lowest BCUT2D eigenvalue weighted by Gasteiger charge is -2.32. The number of benzene rings is 1. The van der Waals surface area contributed by atoms with E-state index in [1.807, 2.05) is 6.92 Å². The predicted octanol–water partition coefficient (Wildman–Crippen LogP) is 2.42. The molecular weight excluding hydrogens is 420 g/mol. The fourth-order valence-corrected chi connectivity index (χ4v) is 5.36.